The van der Waals surface area contributed by atoms with E-state index >= 15 is 0 Å². The maximum absolute atomic E-state index is 3.69. The lowest BCUT2D eigenvalue weighted by Gasteiger charge is -2.26. The lowest BCUT2D eigenvalue weighted by molar-refractivity contribution is 0.362. The molecule has 0 saturated carbocycles. The minimum absolute atomic E-state index is 0.428. The first-order valence-corrected chi connectivity index (χ1v) is 8.37. The molecule has 0 spiro atoms. The van der Waals surface area contributed by atoms with Crippen molar-refractivity contribution in [2.45, 2.75) is 46.1 Å². The van der Waals surface area contributed by atoms with Crippen LogP contribution in [0.25, 0.3) is 0 Å². The number of hydrogen-bond donors (Lipinski definition) is 1. The molecule has 0 aliphatic rings. The Labute approximate surface area is 128 Å². The second-order valence-electron chi connectivity index (χ2n) is 4.86. The van der Waals surface area contributed by atoms with Crippen LogP contribution in [0.2, 0.25) is 0 Å². The quantitative estimate of drug-likeness (QED) is 0.644. The molecule has 0 aliphatic carbocycles. The molecule has 0 fully saturated rings. The third-order valence-corrected chi connectivity index (χ3v) is 4.44. The molecule has 1 aromatic carbocycles. The Hall–Kier alpha value is 0.140. The van der Waals surface area contributed by atoms with Gasteiger partial charge in [0.25, 0.3) is 0 Å². The van der Waals surface area contributed by atoms with E-state index in [9.17, 15) is 0 Å². The predicted molar refractivity (Wildman–Crippen MR) is 86.9 cm³/mol. The van der Waals surface area contributed by atoms with E-state index in [-0.39, 0.29) is 0 Å². The summed E-state index contributed by atoms with van der Waals surface area (Å²) >= 11 is 7.25. The number of hydrogen-bond acceptors (Lipinski definition) is 1. The molecule has 0 saturated heterocycles. The van der Waals surface area contributed by atoms with Gasteiger partial charge in [-0.2, -0.15) is 0 Å². The number of nitrogens with one attached hydrogen (secondary N) is 1. The van der Waals surface area contributed by atoms with Crippen molar-refractivity contribution in [2.75, 3.05) is 6.54 Å². The molecule has 3 heteroatoms. The van der Waals surface area contributed by atoms with Crippen LogP contribution in [0.4, 0.5) is 0 Å². The van der Waals surface area contributed by atoms with E-state index in [2.05, 4.69) is 76.1 Å². The zero-order valence-corrected chi connectivity index (χ0v) is 14.6. The maximum Gasteiger partial charge on any atom is 0.0357 e. The molecule has 0 aromatic heterocycles. The Bertz CT molecular complexity index is 366. The second kappa shape index (κ2) is 8.34. The van der Waals surface area contributed by atoms with Crippen molar-refractivity contribution < 1.29 is 0 Å². The van der Waals surface area contributed by atoms with Gasteiger partial charge in [0.15, 0.2) is 0 Å². The average Bonchev–Trinajstić information content (AvgIpc) is 2.34. The fourth-order valence-corrected chi connectivity index (χ4v) is 3.16. The second-order valence-corrected chi connectivity index (χ2v) is 6.63. The average molecular weight is 377 g/mol. The zero-order chi connectivity index (χ0) is 13.5. The van der Waals surface area contributed by atoms with Crippen molar-refractivity contribution in [2.24, 2.45) is 5.92 Å². The minimum atomic E-state index is 0.428. The molecule has 0 radical (unpaired) electrons. The Balaban J connectivity index is 2.96. The van der Waals surface area contributed by atoms with Crippen LogP contribution in [0.1, 0.15) is 51.6 Å². The first-order chi connectivity index (χ1) is 8.60. The van der Waals surface area contributed by atoms with E-state index in [0.717, 1.165) is 11.0 Å². The highest BCUT2D eigenvalue weighted by Gasteiger charge is 2.20. The van der Waals surface area contributed by atoms with Gasteiger partial charge < -0.3 is 5.32 Å². The largest absolute Gasteiger partial charge is 0.310 e. The van der Waals surface area contributed by atoms with Gasteiger partial charge in [-0.15, -0.1) is 0 Å². The fraction of sp³-hybridized carbons (Fsp3) is 0.600. The molecular formula is C15H23Br2N. The first kappa shape index (κ1) is 16.2. The van der Waals surface area contributed by atoms with Crippen molar-refractivity contribution >= 4 is 31.9 Å². The van der Waals surface area contributed by atoms with Gasteiger partial charge in [-0.1, -0.05) is 59.1 Å². The molecule has 1 N–H and O–H groups in total. The molecule has 1 aromatic rings. The van der Waals surface area contributed by atoms with Crippen LogP contribution < -0.4 is 5.32 Å². The Morgan fingerprint density at radius 3 is 2.50 bits per heavy atom. The summed E-state index contributed by atoms with van der Waals surface area (Å²) in [7, 11) is 0. The van der Waals surface area contributed by atoms with Crippen LogP contribution in [0.15, 0.2) is 27.1 Å². The summed E-state index contributed by atoms with van der Waals surface area (Å²) in [6, 6.07) is 6.86. The monoisotopic (exact) mass is 375 g/mol. The van der Waals surface area contributed by atoms with Crippen LogP contribution in [-0.2, 0) is 0 Å². The Morgan fingerprint density at radius 1 is 1.17 bits per heavy atom. The molecule has 1 rings (SSSR count). The number of rotatable bonds is 7. The Kier molecular flexibility index (Phi) is 7.50. The van der Waals surface area contributed by atoms with Gasteiger partial charge >= 0.3 is 0 Å². The first-order valence-electron chi connectivity index (χ1n) is 6.78. The summed E-state index contributed by atoms with van der Waals surface area (Å²) in [6.07, 6.45) is 3.65. The van der Waals surface area contributed by atoms with Crippen LogP contribution in [0, 0.1) is 5.92 Å². The molecule has 0 aliphatic heterocycles. The van der Waals surface area contributed by atoms with E-state index in [1.54, 1.807) is 0 Å². The van der Waals surface area contributed by atoms with Crippen LogP contribution in [0.3, 0.4) is 0 Å². The van der Waals surface area contributed by atoms with Gasteiger partial charge in [-0.05, 0) is 49.1 Å². The fourth-order valence-electron chi connectivity index (χ4n) is 2.29. The lowest BCUT2D eigenvalue weighted by Crippen LogP contribution is -2.28. The number of halogens is 2. The molecule has 0 bridgehead atoms. The van der Waals surface area contributed by atoms with E-state index < -0.39 is 0 Å². The van der Waals surface area contributed by atoms with E-state index in [1.807, 2.05) is 0 Å². The summed E-state index contributed by atoms with van der Waals surface area (Å²) in [5, 5.41) is 3.69. The SMILES string of the molecule is CCCNC(c1cc(Br)ccc1Br)C(C)CCC. The van der Waals surface area contributed by atoms with Gasteiger partial charge in [-0.3, -0.25) is 0 Å². The highest BCUT2D eigenvalue weighted by atomic mass is 79.9. The molecule has 0 amide bonds. The zero-order valence-electron chi connectivity index (χ0n) is 11.5. The maximum atomic E-state index is 3.69. The molecular weight excluding hydrogens is 354 g/mol. The predicted octanol–water partition coefficient (Wildman–Crippen LogP) is 5.69. The van der Waals surface area contributed by atoms with Gasteiger partial charge in [0.05, 0.1) is 0 Å². The van der Waals surface area contributed by atoms with E-state index in [4.69, 9.17) is 0 Å². The van der Waals surface area contributed by atoms with Gasteiger partial charge in [0.1, 0.15) is 0 Å². The van der Waals surface area contributed by atoms with Gasteiger partial charge in [0, 0.05) is 15.0 Å². The molecule has 2 unspecified atom stereocenters. The van der Waals surface area contributed by atoms with Crippen molar-refractivity contribution in [3.63, 3.8) is 0 Å². The van der Waals surface area contributed by atoms with Crippen LogP contribution >= 0.6 is 31.9 Å². The van der Waals surface area contributed by atoms with Gasteiger partial charge in [-0.25, -0.2) is 0 Å². The minimum Gasteiger partial charge on any atom is -0.310 e. The topological polar surface area (TPSA) is 12.0 Å². The molecule has 0 heterocycles. The number of benzene rings is 1. The standard InChI is InChI=1S/C15H23Br2N/c1-4-6-11(3)15(18-9-5-2)13-10-12(16)7-8-14(13)17/h7-8,10-11,15,18H,4-6,9H2,1-3H3. The van der Waals surface area contributed by atoms with E-state index in [1.165, 1.54) is 29.3 Å². The normalized spacial score (nSPS) is 14.5. The molecule has 1 nitrogen and oxygen atoms in total. The third kappa shape index (κ3) is 4.67. The third-order valence-electron chi connectivity index (χ3n) is 3.22. The lowest BCUT2D eigenvalue weighted by atomic mass is 9.91. The highest BCUT2D eigenvalue weighted by Crippen LogP contribution is 2.32. The summed E-state index contributed by atoms with van der Waals surface area (Å²) in [6.45, 7) is 7.87. The summed E-state index contributed by atoms with van der Waals surface area (Å²) in [5.41, 5.74) is 1.36. The molecule has 2 atom stereocenters. The summed E-state index contributed by atoms with van der Waals surface area (Å²) < 4.78 is 2.34. The Morgan fingerprint density at radius 2 is 1.89 bits per heavy atom. The van der Waals surface area contributed by atoms with Crippen molar-refractivity contribution in [1.82, 2.24) is 5.32 Å². The van der Waals surface area contributed by atoms with Crippen molar-refractivity contribution in [3.8, 4) is 0 Å². The summed E-state index contributed by atoms with van der Waals surface area (Å²) in [5.74, 6) is 0.646. The summed E-state index contributed by atoms with van der Waals surface area (Å²) in [4.78, 5) is 0. The van der Waals surface area contributed by atoms with Crippen molar-refractivity contribution in [1.29, 1.82) is 0 Å². The van der Waals surface area contributed by atoms with Crippen LogP contribution in [-0.4, -0.2) is 6.54 Å². The smallest absolute Gasteiger partial charge is 0.0357 e. The van der Waals surface area contributed by atoms with Gasteiger partial charge in [0.2, 0.25) is 0 Å². The van der Waals surface area contributed by atoms with E-state index in [0.29, 0.717) is 12.0 Å². The van der Waals surface area contributed by atoms with Crippen molar-refractivity contribution in [3.05, 3.63) is 32.7 Å². The highest BCUT2D eigenvalue weighted by molar-refractivity contribution is 9.11. The molecule has 102 valence electrons. The molecule has 18 heavy (non-hydrogen) atoms. The van der Waals surface area contributed by atoms with Crippen LogP contribution in [0.5, 0.6) is 0 Å².